The van der Waals surface area contributed by atoms with E-state index in [1.165, 1.54) is 20.4 Å². The molecule has 0 aliphatic heterocycles. The first-order valence-electron chi connectivity index (χ1n) is 10.0. The quantitative estimate of drug-likeness (QED) is 0.370. The lowest BCUT2D eigenvalue weighted by Gasteiger charge is -2.11. The van der Waals surface area contributed by atoms with E-state index in [-0.39, 0.29) is 5.69 Å². The van der Waals surface area contributed by atoms with E-state index >= 15 is 0 Å². The van der Waals surface area contributed by atoms with Gasteiger partial charge in [0.2, 0.25) is 0 Å². The second-order valence-corrected chi connectivity index (χ2v) is 6.69. The number of nitrogens with one attached hydrogen (secondary N) is 2. The average Bonchev–Trinajstić information content (AvgIpc) is 3.33. The Hall–Kier alpha value is -4.01. The van der Waals surface area contributed by atoms with Gasteiger partial charge in [-0.25, -0.2) is 5.43 Å². The van der Waals surface area contributed by atoms with Crippen LogP contribution in [0.15, 0.2) is 47.6 Å². The number of ether oxygens (including phenoxy) is 4. The van der Waals surface area contributed by atoms with Gasteiger partial charge < -0.3 is 18.9 Å². The highest BCUT2D eigenvalue weighted by Crippen LogP contribution is 2.33. The Balaban J connectivity index is 1.67. The van der Waals surface area contributed by atoms with Gasteiger partial charge >= 0.3 is 0 Å². The molecular weight excluding hydrogens is 412 g/mol. The maximum absolute atomic E-state index is 12.4. The van der Waals surface area contributed by atoms with Gasteiger partial charge in [0.05, 0.1) is 39.8 Å². The van der Waals surface area contributed by atoms with Crippen molar-refractivity contribution in [3.63, 3.8) is 0 Å². The van der Waals surface area contributed by atoms with Gasteiger partial charge in [0.15, 0.2) is 11.5 Å². The Morgan fingerprint density at radius 3 is 2.38 bits per heavy atom. The van der Waals surface area contributed by atoms with Crippen molar-refractivity contribution in [3.05, 3.63) is 53.7 Å². The summed E-state index contributed by atoms with van der Waals surface area (Å²) in [6.07, 6.45) is 2.41. The van der Waals surface area contributed by atoms with Crippen LogP contribution < -0.4 is 24.4 Å². The number of nitrogens with zero attached hydrogens (tertiary/aromatic N) is 2. The van der Waals surface area contributed by atoms with Gasteiger partial charge in [-0.1, -0.05) is 6.92 Å². The van der Waals surface area contributed by atoms with Crippen LogP contribution in [0.2, 0.25) is 0 Å². The Morgan fingerprint density at radius 1 is 1.03 bits per heavy atom. The van der Waals surface area contributed by atoms with E-state index in [0.29, 0.717) is 35.1 Å². The minimum atomic E-state index is -0.428. The van der Waals surface area contributed by atoms with Gasteiger partial charge in [0.25, 0.3) is 5.91 Å². The van der Waals surface area contributed by atoms with Crippen LogP contribution in [0, 0.1) is 0 Å². The lowest BCUT2D eigenvalue weighted by molar-refractivity contribution is 0.0950. The van der Waals surface area contributed by atoms with Crippen LogP contribution in [0.1, 0.15) is 29.4 Å². The van der Waals surface area contributed by atoms with Crippen molar-refractivity contribution in [2.24, 2.45) is 5.10 Å². The molecule has 2 N–H and O–H groups in total. The lowest BCUT2D eigenvalue weighted by Crippen LogP contribution is -2.18. The van der Waals surface area contributed by atoms with Crippen LogP contribution in [0.25, 0.3) is 11.3 Å². The normalized spacial score (nSPS) is 10.8. The van der Waals surface area contributed by atoms with Crippen molar-refractivity contribution in [3.8, 4) is 34.3 Å². The molecule has 0 unspecified atom stereocenters. The van der Waals surface area contributed by atoms with Crippen LogP contribution in [-0.4, -0.2) is 50.3 Å². The third kappa shape index (κ3) is 5.37. The van der Waals surface area contributed by atoms with Gasteiger partial charge in [-0.3, -0.25) is 9.89 Å². The Morgan fingerprint density at radius 2 is 1.72 bits per heavy atom. The summed E-state index contributed by atoms with van der Waals surface area (Å²) in [5, 5.41) is 10.9. The van der Waals surface area contributed by atoms with Gasteiger partial charge in [-0.05, 0) is 42.8 Å². The fourth-order valence-electron chi connectivity index (χ4n) is 2.90. The van der Waals surface area contributed by atoms with Crippen molar-refractivity contribution in [2.75, 3.05) is 27.9 Å². The number of aromatic amines is 1. The van der Waals surface area contributed by atoms with Crippen LogP contribution >= 0.6 is 0 Å². The molecule has 0 atom stereocenters. The number of hydrogen-bond donors (Lipinski definition) is 2. The predicted molar refractivity (Wildman–Crippen MR) is 121 cm³/mol. The van der Waals surface area contributed by atoms with E-state index in [1.54, 1.807) is 25.3 Å². The first-order chi connectivity index (χ1) is 15.6. The molecule has 1 amide bonds. The molecular formula is C23H26N4O5. The lowest BCUT2D eigenvalue weighted by atomic mass is 10.1. The number of hydrazone groups is 1. The maximum Gasteiger partial charge on any atom is 0.289 e. The predicted octanol–water partition coefficient (Wildman–Crippen LogP) is 3.66. The van der Waals surface area contributed by atoms with Gasteiger partial charge in [-0.15, -0.1) is 0 Å². The van der Waals surface area contributed by atoms with Crippen LogP contribution in [0.3, 0.4) is 0 Å². The second kappa shape index (κ2) is 10.9. The number of rotatable bonds is 10. The smallest absolute Gasteiger partial charge is 0.289 e. The number of aromatic nitrogens is 2. The van der Waals surface area contributed by atoms with E-state index in [4.69, 9.17) is 18.9 Å². The minimum absolute atomic E-state index is 0.280. The van der Waals surface area contributed by atoms with Crippen molar-refractivity contribution in [2.45, 2.75) is 13.3 Å². The highest BCUT2D eigenvalue weighted by atomic mass is 16.5. The summed E-state index contributed by atoms with van der Waals surface area (Å²) >= 11 is 0. The zero-order chi connectivity index (χ0) is 22.9. The summed E-state index contributed by atoms with van der Waals surface area (Å²) in [5.74, 6) is 1.94. The number of H-pyrrole nitrogens is 1. The summed E-state index contributed by atoms with van der Waals surface area (Å²) in [5.41, 5.74) is 4.87. The molecule has 2 aromatic carbocycles. The molecule has 9 nitrogen and oxygen atoms in total. The minimum Gasteiger partial charge on any atom is -0.496 e. The summed E-state index contributed by atoms with van der Waals surface area (Å²) in [6.45, 7) is 2.72. The van der Waals surface area contributed by atoms with Crippen molar-refractivity contribution in [1.29, 1.82) is 0 Å². The number of amides is 1. The second-order valence-electron chi connectivity index (χ2n) is 6.69. The van der Waals surface area contributed by atoms with Crippen LogP contribution in [-0.2, 0) is 0 Å². The molecule has 0 spiro atoms. The molecule has 0 saturated carbocycles. The molecule has 32 heavy (non-hydrogen) atoms. The third-order valence-electron chi connectivity index (χ3n) is 4.55. The molecule has 1 aromatic heterocycles. The SMILES string of the molecule is CCCOc1ccc(-c2cc(C(=O)N/N=C/c3cc(OC)c(OC)cc3OC)[nH]n2)cc1. The molecule has 0 aliphatic rings. The maximum atomic E-state index is 12.4. The number of methoxy groups -OCH3 is 3. The first-order valence-corrected chi connectivity index (χ1v) is 10.0. The summed E-state index contributed by atoms with van der Waals surface area (Å²) < 4.78 is 21.5. The monoisotopic (exact) mass is 438 g/mol. The molecule has 168 valence electrons. The zero-order valence-corrected chi connectivity index (χ0v) is 18.5. The largest absolute Gasteiger partial charge is 0.496 e. The average molecular weight is 438 g/mol. The molecule has 0 fully saturated rings. The van der Waals surface area contributed by atoms with E-state index in [9.17, 15) is 4.79 Å². The number of benzene rings is 2. The molecule has 0 saturated heterocycles. The number of carbonyl (C=O) groups excluding carboxylic acids is 1. The summed E-state index contributed by atoms with van der Waals surface area (Å²) in [6, 6.07) is 12.6. The van der Waals surface area contributed by atoms with E-state index in [1.807, 2.05) is 24.3 Å². The molecule has 0 bridgehead atoms. The summed E-state index contributed by atoms with van der Waals surface area (Å²) in [4.78, 5) is 12.4. The van der Waals surface area contributed by atoms with Gasteiger partial charge in [0.1, 0.15) is 17.2 Å². The molecule has 9 heteroatoms. The Kier molecular flexibility index (Phi) is 7.69. The molecule has 3 aromatic rings. The Bertz CT molecular complexity index is 1080. The fourth-order valence-corrected chi connectivity index (χ4v) is 2.90. The zero-order valence-electron chi connectivity index (χ0n) is 18.5. The topological polar surface area (TPSA) is 107 Å². The van der Waals surface area contributed by atoms with E-state index < -0.39 is 5.91 Å². The van der Waals surface area contributed by atoms with Crippen LogP contribution in [0.4, 0.5) is 0 Å². The number of carbonyl (C=O) groups is 1. The molecule has 1 heterocycles. The van der Waals surface area contributed by atoms with Crippen LogP contribution in [0.5, 0.6) is 23.0 Å². The van der Waals surface area contributed by atoms with Crippen molar-refractivity contribution in [1.82, 2.24) is 15.6 Å². The van der Waals surface area contributed by atoms with Crippen molar-refractivity contribution >= 4 is 12.1 Å². The molecule has 0 radical (unpaired) electrons. The summed E-state index contributed by atoms with van der Waals surface area (Å²) in [7, 11) is 4.61. The number of hydrogen-bond acceptors (Lipinski definition) is 7. The first kappa shape index (κ1) is 22.7. The Labute approximate surface area is 186 Å². The van der Waals surface area contributed by atoms with Gasteiger partial charge in [0, 0.05) is 17.2 Å². The highest BCUT2D eigenvalue weighted by Gasteiger charge is 2.12. The van der Waals surface area contributed by atoms with Crippen molar-refractivity contribution < 1.29 is 23.7 Å². The highest BCUT2D eigenvalue weighted by molar-refractivity contribution is 5.94. The fraction of sp³-hybridized carbons (Fsp3) is 0.261. The van der Waals surface area contributed by atoms with Gasteiger partial charge in [-0.2, -0.15) is 10.2 Å². The standard InChI is InChI=1S/C23H26N4O5/c1-5-10-32-17-8-6-15(7-9-17)18-12-19(26-25-18)23(28)27-24-14-16-11-21(30-3)22(31-4)13-20(16)29-2/h6-9,11-14H,5,10H2,1-4H3,(H,25,26)(H,27,28)/b24-14+. The molecule has 3 rings (SSSR count). The third-order valence-corrected chi connectivity index (χ3v) is 4.55. The van der Waals surface area contributed by atoms with E-state index in [2.05, 4.69) is 27.6 Å². The van der Waals surface area contributed by atoms with E-state index in [0.717, 1.165) is 17.7 Å². The molecule has 0 aliphatic carbocycles.